The highest BCUT2D eigenvalue weighted by Gasteiger charge is 2.48. The Bertz CT molecular complexity index is 351. The fraction of sp³-hybridized carbons (Fsp3) is 0.545. The molecule has 1 heterocycles. The lowest BCUT2D eigenvalue weighted by Crippen LogP contribution is -2.50. The van der Waals surface area contributed by atoms with E-state index in [4.69, 9.17) is 19.7 Å². The van der Waals surface area contributed by atoms with E-state index in [0.717, 1.165) is 6.08 Å². The summed E-state index contributed by atoms with van der Waals surface area (Å²) >= 11 is 0. The Morgan fingerprint density at radius 1 is 1.78 bits per heavy atom. The molecule has 0 unspecified atom stereocenters. The maximum atomic E-state index is 11.2. The van der Waals surface area contributed by atoms with Gasteiger partial charge in [-0.25, -0.2) is 4.79 Å². The maximum absolute atomic E-state index is 11.2. The number of aliphatic hydroxyl groups is 3. The van der Waals surface area contributed by atoms with E-state index in [0.29, 0.717) is 0 Å². The molecular formula is C11H16O7. The lowest BCUT2D eigenvalue weighted by atomic mass is 10.0. The molecule has 0 amide bonds. The van der Waals surface area contributed by atoms with Gasteiger partial charge in [-0.15, -0.1) is 6.58 Å². The number of carboxylic acid groups (broad SMARTS) is 1. The van der Waals surface area contributed by atoms with E-state index in [-0.39, 0.29) is 18.8 Å². The number of ether oxygens (including phenoxy) is 2. The average Bonchev–Trinajstić information content (AvgIpc) is 2.34. The number of aliphatic carboxylic acids is 1. The highest BCUT2D eigenvalue weighted by atomic mass is 16.7. The first-order valence-electron chi connectivity index (χ1n) is 5.31. The van der Waals surface area contributed by atoms with Gasteiger partial charge in [0.2, 0.25) is 0 Å². The maximum Gasteiger partial charge on any atom is 0.377 e. The fourth-order valence-electron chi connectivity index (χ4n) is 1.53. The van der Waals surface area contributed by atoms with E-state index < -0.39 is 30.6 Å². The van der Waals surface area contributed by atoms with Crippen molar-refractivity contribution in [3.8, 4) is 0 Å². The predicted octanol–water partition coefficient (Wildman–Crippen LogP) is -1.01. The standard InChI is InChI=1S/C11H16O7/c1-2-3-17-11(10(15)16)5-7(13)4-9(18-11)8(14)6-12/h2,4,7-8,12-14H,1,3,5-6H2,(H,15,16)/t7-,8+,11+/m0/s1. The molecule has 7 heteroatoms. The SMILES string of the molecule is C=CCO[C@]1(C(=O)O)C[C@@H](O)C=C([C@H](O)CO)O1. The third-order valence-electron chi connectivity index (χ3n) is 2.38. The van der Waals surface area contributed by atoms with Crippen molar-refractivity contribution in [2.24, 2.45) is 0 Å². The summed E-state index contributed by atoms with van der Waals surface area (Å²) in [5.41, 5.74) is 0. The molecular weight excluding hydrogens is 244 g/mol. The zero-order valence-electron chi connectivity index (χ0n) is 9.65. The van der Waals surface area contributed by atoms with Gasteiger partial charge in [0.15, 0.2) is 0 Å². The minimum absolute atomic E-state index is 0.0957. The molecule has 0 saturated heterocycles. The van der Waals surface area contributed by atoms with Gasteiger partial charge in [-0.3, -0.25) is 0 Å². The smallest absolute Gasteiger partial charge is 0.377 e. The van der Waals surface area contributed by atoms with E-state index >= 15 is 0 Å². The van der Waals surface area contributed by atoms with E-state index in [1.807, 2.05) is 0 Å². The number of carbonyl (C=O) groups is 1. The Hall–Kier alpha value is -1.41. The van der Waals surface area contributed by atoms with Crippen LogP contribution in [0.15, 0.2) is 24.5 Å². The number of hydrogen-bond donors (Lipinski definition) is 4. The minimum Gasteiger partial charge on any atom is -0.476 e. The van der Waals surface area contributed by atoms with Crippen LogP contribution in [0.2, 0.25) is 0 Å². The molecule has 0 radical (unpaired) electrons. The summed E-state index contributed by atoms with van der Waals surface area (Å²) < 4.78 is 10.1. The summed E-state index contributed by atoms with van der Waals surface area (Å²) in [6.45, 7) is 2.63. The van der Waals surface area contributed by atoms with Crippen molar-refractivity contribution >= 4 is 5.97 Å². The minimum atomic E-state index is -2.09. The summed E-state index contributed by atoms with van der Waals surface area (Å²) in [5, 5.41) is 36.9. The Kier molecular flexibility index (Phi) is 4.85. The molecule has 0 saturated carbocycles. The van der Waals surface area contributed by atoms with Gasteiger partial charge >= 0.3 is 11.8 Å². The molecule has 1 aliphatic rings. The molecule has 3 atom stereocenters. The summed E-state index contributed by atoms with van der Waals surface area (Å²) in [6, 6.07) is 0. The van der Waals surface area contributed by atoms with E-state index in [2.05, 4.69) is 6.58 Å². The lowest BCUT2D eigenvalue weighted by molar-refractivity contribution is -0.245. The first-order chi connectivity index (χ1) is 8.45. The van der Waals surface area contributed by atoms with Crippen molar-refractivity contribution in [1.82, 2.24) is 0 Å². The largest absolute Gasteiger partial charge is 0.476 e. The molecule has 0 aromatic carbocycles. The summed E-state index contributed by atoms with van der Waals surface area (Å²) in [6.07, 6.45) is -0.417. The van der Waals surface area contributed by atoms with Crippen molar-refractivity contribution in [3.63, 3.8) is 0 Å². The summed E-state index contributed by atoms with van der Waals surface area (Å²) in [4.78, 5) is 11.2. The first kappa shape index (κ1) is 14.7. The molecule has 7 nitrogen and oxygen atoms in total. The number of rotatable bonds is 6. The van der Waals surface area contributed by atoms with Crippen LogP contribution in [0.1, 0.15) is 6.42 Å². The molecule has 1 rings (SSSR count). The van der Waals surface area contributed by atoms with Crippen molar-refractivity contribution in [1.29, 1.82) is 0 Å². The van der Waals surface area contributed by atoms with Crippen molar-refractivity contribution < 1.29 is 34.7 Å². The highest BCUT2D eigenvalue weighted by Crippen LogP contribution is 2.31. The zero-order chi connectivity index (χ0) is 13.8. The normalized spacial score (nSPS) is 29.1. The second kappa shape index (κ2) is 5.96. The predicted molar refractivity (Wildman–Crippen MR) is 59.4 cm³/mol. The summed E-state index contributed by atoms with van der Waals surface area (Å²) in [5.74, 6) is -3.75. The molecule has 1 aliphatic heterocycles. The average molecular weight is 260 g/mol. The fourth-order valence-corrected chi connectivity index (χ4v) is 1.53. The van der Waals surface area contributed by atoms with Crippen molar-refractivity contribution in [3.05, 3.63) is 24.5 Å². The van der Waals surface area contributed by atoms with Gasteiger partial charge in [0.25, 0.3) is 0 Å². The molecule has 18 heavy (non-hydrogen) atoms. The number of aliphatic hydroxyl groups excluding tert-OH is 3. The molecule has 0 aromatic heterocycles. The number of hydrogen-bond acceptors (Lipinski definition) is 6. The monoisotopic (exact) mass is 260 g/mol. The van der Waals surface area contributed by atoms with Crippen LogP contribution in [0, 0.1) is 0 Å². The van der Waals surface area contributed by atoms with Crippen LogP contribution in [-0.2, 0) is 14.3 Å². The Morgan fingerprint density at radius 2 is 2.44 bits per heavy atom. The van der Waals surface area contributed by atoms with Gasteiger partial charge < -0.3 is 29.9 Å². The van der Waals surface area contributed by atoms with E-state index in [1.54, 1.807) is 0 Å². The van der Waals surface area contributed by atoms with Gasteiger partial charge in [-0.2, -0.15) is 0 Å². The first-order valence-corrected chi connectivity index (χ1v) is 5.31. The zero-order valence-corrected chi connectivity index (χ0v) is 9.65. The molecule has 0 fully saturated rings. The van der Waals surface area contributed by atoms with Gasteiger partial charge in [-0.1, -0.05) is 6.08 Å². The van der Waals surface area contributed by atoms with Crippen molar-refractivity contribution in [2.75, 3.05) is 13.2 Å². The molecule has 102 valence electrons. The van der Waals surface area contributed by atoms with Gasteiger partial charge in [-0.05, 0) is 6.08 Å². The van der Waals surface area contributed by atoms with Crippen LogP contribution in [0.4, 0.5) is 0 Å². The molecule has 0 aliphatic carbocycles. The van der Waals surface area contributed by atoms with Gasteiger partial charge in [0.1, 0.15) is 11.9 Å². The second-order valence-corrected chi connectivity index (χ2v) is 3.80. The van der Waals surface area contributed by atoms with E-state index in [1.165, 1.54) is 6.08 Å². The lowest BCUT2D eigenvalue weighted by Gasteiger charge is -2.36. The third-order valence-corrected chi connectivity index (χ3v) is 2.38. The molecule has 0 spiro atoms. The summed E-state index contributed by atoms with van der Waals surface area (Å²) in [7, 11) is 0. The molecule has 0 aromatic rings. The highest BCUT2D eigenvalue weighted by molar-refractivity contribution is 5.76. The molecule has 4 N–H and O–H groups in total. The topological polar surface area (TPSA) is 116 Å². The van der Waals surface area contributed by atoms with Crippen LogP contribution in [0.5, 0.6) is 0 Å². The molecule has 0 bridgehead atoms. The third kappa shape index (κ3) is 3.08. The van der Waals surface area contributed by atoms with Crippen LogP contribution in [0.25, 0.3) is 0 Å². The Balaban J connectivity index is 2.97. The Morgan fingerprint density at radius 3 is 2.94 bits per heavy atom. The van der Waals surface area contributed by atoms with Crippen molar-refractivity contribution in [2.45, 2.75) is 24.4 Å². The van der Waals surface area contributed by atoms with Crippen LogP contribution >= 0.6 is 0 Å². The van der Waals surface area contributed by atoms with Gasteiger partial charge in [0, 0.05) is 0 Å². The van der Waals surface area contributed by atoms with Crippen LogP contribution < -0.4 is 0 Å². The number of carboxylic acids is 1. The van der Waals surface area contributed by atoms with Crippen LogP contribution in [0.3, 0.4) is 0 Å². The van der Waals surface area contributed by atoms with Crippen LogP contribution in [-0.4, -0.2) is 57.6 Å². The van der Waals surface area contributed by atoms with E-state index in [9.17, 15) is 15.0 Å². The Labute approximate surface area is 104 Å². The second-order valence-electron chi connectivity index (χ2n) is 3.80. The van der Waals surface area contributed by atoms with Gasteiger partial charge in [0.05, 0.1) is 25.7 Å². The quantitative estimate of drug-likeness (QED) is 0.452.